The Labute approximate surface area is 105 Å². The molecule has 0 saturated heterocycles. The molecule has 0 amide bonds. The van der Waals surface area contributed by atoms with Crippen LogP contribution in [0.1, 0.15) is 30.0 Å². The number of hydrogen-bond donors (Lipinski definition) is 0. The third-order valence-corrected chi connectivity index (χ3v) is 3.99. The Morgan fingerprint density at radius 3 is 2.47 bits per heavy atom. The van der Waals surface area contributed by atoms with Crippen LogP contribution in [0.25, 0.3) is 0 Å². The summed E-state index contributed by atoms with van der Waals surface area (Å²) in [6.45, 7) is 5.73. The number of nitrogens with zero attached hydrogens (tertiary/aromatic N) is 2. The van der Waals surface area contributed by atoms with Crippen LogP contribution >= 0.6 is 11.3 Å². The van der Waals surface area contributed by atoms with Crippen molar-refractivity contribution in [2.24, 2.45) is 0 Å². The second-order valence-corrected chi connectivity index (χ2v) is 5.38. The van der Waals surface area contributed by atoms with E-state index >= 15 is 0 Å². The fourth-order valence-electron chi connectivity index (χ4n) is 1.85. The maximum atomic E-state index is 12.0. The monoisotopic (exact) mass is 250 g/mol. The molecule has 2 heterocycles. The third kappa shape index (κ3) is 2.69. The first-order valence-corrected chi connectivity index (χ1v) is 6.89. The quantitative estimate of drug-likeness (QED) is 0.801. The summed E-state index contributed by atoms with van der Waals surface area (Å²) >= 11 is 1.79. The summed E-state index contributed by atoms with van der Waals surface area (Å²) in [7, 11) is 0. The van der Waals surface area contributed by atoms with E-state index in [1.807, 2.05) is 12.4 Å². The molecule has 2 rings (SSSR count). The van der Waals surface area contributed by atoms with E-state index < -0.39 is 0 Å². The molecule has 0 unspecified atom stereocenters. The normalized spacial score (nSPS) is 10.9. The highest BCUT2D eigenvalue weighted by Crippen LogP contribution is 2.17. The molecule has 0 spiro atoms. The topological polar surface area (TPSA) is 26.9 Å². The van der Waals surface area contributed by atoms with Crippen molar-refractivity contribution in [1.82, 2.24) is 9.13 Å². The van der Waals surface area contributed by atoms with Gasteiger partial charge in [0.1, 0.15) is 0 Å². The minimum absolute atomic E-state index is 0.0956. The Kier molecular flexibility index (Phi) is 3.84. The third-order valence-electron chi connectivity index (χ3n) is 2.77. The molecule has 2 aromatic heterocycles. The number of aromatic nitrogens is 2. The zero-order valence-electron chi connectivity index (χ0n) is 10.3. The summed E-state index contributed by atoms with van der Waals surface area (Å²) in [5.41, 5.74) is 0.0956. The molecule has 0 fully saturated rings. The Morgan fingerprint density at radius 2 is 1.82 bits per heavy atom. The first-order valence-electron chi connectivity index (χ1n) is 6.07. The van der Waals surface area contributed by atoms with Gasteiger partial charge in [0.05, 0.1) is 6.54 Å². The Balaban J connectivity index is 2.16. The first-order chi connectivity index (χ1) is 8.24. The van der Waals surface area contributed by atoms with E-state index in [4.69, 9.17) is 0 Å². The average molecular weight is 250 g/mol. The minimum atomic E-state index is 0.0956. The predicted molar refractivity (Wildman–Crippen MR) is 71.8 cm³/mol. The molecule has 0 aromatic carbocycles. The number of hydrogen-bond acceptors (Lipinski definition) is 2. The number of rotatable bonds is 5. The van der Waals surface area contributed by atoms with Gasteiger partial charge in [-0.2, -0.15) is 0 Å². The van der Waals surface area contributed by atoms with Crippen molar-refractivity contribution in [3.8, 4) is 0 Å². The van der Waals surface area contributed by atoms with Crippen molar-refractivity contribution in [3.63, 3.8) is 0 Å². The van der Waals surface area contributed by atoms with Crippen molar-refractivity contribution in [1.29, 1.82) is 0 Å². The highest BCUT2D eigenvalue weighted by molar-refractivity contribution is 7.11. The van der Waals surface area contributed by atoms with Crippen molar-refractivity contribution < 1.29 is 0 Å². The first kappa shape index (κ1) is 12.2. The van der Waals surface area contributed by atoms with E-state index in [-0.39, 0.29) is 5.69 Å². The standard InChI is InChI=1S/C13H18N2OS/c1-3-7-14-8-9-15(13(14)16)10-12-6-5-11(4-2)17-12/h5-6,8-9H,3-4,7,10H2,1-2H3. The maximum absolute atomic E-state index is 12.0. The van der Waals surface area contributed by atoms with Gasteiger partial charge < -0.3 is 0 Å². The highest BCUT2D eigenvalue weighted by atomic mass is 32.1. The smallest absolute Gasteiger partial charge is 0.299 e. The molecule has 0 aliphatic carbocycles. The summed E-state index contributed by atoms with van der Waals surface area (Å²) < 4.78 is 3.55. The van der Waals surface area contributed by atoms with Gasteiger partial charge in [-0.15, -0.1) is 11.3 Å². The van der Waals surface area contributed by atoms with E-state index in [1.54, 1.807) is 20.5 Å². The van der Waals surface area contributed by atoms with Gasteiger partial charge in [-0.25, -0.2) is 4.79 Å². The van der Waals surface area contributed by atoms with E-state index in [9.17, 15) is 4.79 Å². The van der Waals surface area contributed by atoms with Gasteiger partial charge in [0.25, 0.3) is 0 Å². The second-order valence-electron chi connectivity index (χ2n) is 4.12. The van der Waals surface area contributed by atoms with Gasteiger partial charge in [-0.1, -0.05) is 13.8 Å². The lowest BCUT2D eigenvalue weighted by molar-refractivity contribution is 0.625. The van der Waals surface area contributed by atoms with Gasteiger partial charge in [-0.3, -0.25) is 9.13 Å². The van der Waals surface area contributed by atoms with Crippen molar-refractivity contribution in [2.75, 3.05) is 0 Å². The number of aryl methyl sites for hydroxylation is 2. The van der Waals surface area contributed by atoms with Crippen LogP contribution in [0.4, 0.5) is 0 Å². The minimum Gasteiger partial charge on any atom is -0.299 e. The zero-order valence-corrected chi connectivity index (χ0v) is 11.2. The SMILES string of the molecule is CCCn1ccn(Cc2ccc(CC)s2)c1=O. The summed E-state index contributed by atoms with van der Waals surface area (Å²) in [6.07, 6.45) is 5.81. The van der Waals surface area contributed by atoms with Crippen LogP contribution in [-0.2, 0) is 19.5 Å². The molecule has 0 atom stereocenters. The Hall–Kier alpha value is -1.29. The van der Waals surface area contributed by atoms with E-state index in [2.05, 4.69) is 26.0 Å². The lowest BCUT2D eigenvalue weighted by Gasteiger charge is -1.99. The van der Waals surface area contributed by atoms with E-state index in [0.29, 0.717) is 6.54 Å². The lowest BCUT2D eigenvalue weighted by Crippen LogP contribution is -2.24. The zero-order chi connectivity index (χ0) is 12.3. The molecule has 0 bridgehead atoms. The van der Waals surface area contributed by atoms with E-state index in [1.165, 1.54) is 9.75 Å². The molecule has 0 saturated carbocycles. The fourth-order valence-corrected chi connectivity index (χ4v) is 2.81. The maximum Gasteiger partial charge on any atom is 0.328 e. The molecule has 0 N–H and O–H groups in total. The van der Waals surface area contributed by atoms with Crippen LogP contribution < -0.4 is 5.69 Å². The van der Waals surface area contributed by atoms with E-state index in [0.717, 1.165) is 19.4 Å². The summed E-state index contributed by atoms with van der Waals surface area (Å²) in [5, 5.41) is 0. The summed E-state index contributed by atoms with van der Waals surface area (Å²) in [6, 6.07) is 4.27. The summed E-state index contributed by atoms with van der Waals surface area (Å²) in [4.78, 5) is 14.6. The van der Waals surface area contributed by atoms with Crippen LogP contribution in [-0.4, -0.2) is 9.13 Å². The number of imidazole rings is 1. The molecular formula is C13H18N2OS. The molecular weight excluding hydrogens is 232 g/mol. The van der Waals surface area contributed by atoms with Gasteiger partial charge in [0.15, 0.2) is 0 Å². The molecule has 2 aromatic rings. The largest absolute Gasteiger partial charge is 0.328 e. The fraction of sp³-hybridized carbons (Fsp3) is 0.462. The number of thiophene rings is 1. The Morgan fingerprint density at radius 1 is 1.12 bits per heavy atom. The van der Waals surface area contributed by atoms with Crippen molar-refractivity contribution in [2.45, 2.75) is 39.8 Å². The molecule has 4 heteroatoms. The molecule has 0 aliphatic heterocycles. The lowest BCUT2D eigenvalue weighted by atomic mass is 10.3. The molecule has 3 nitrogen and oxygen atoms in total. The second kappa shape index (κ2) is 5.36. The molecule has 0 radical (unpaired) electrons. The Bertz CT molecular complexity index is 536. The van der Waals surface area contributed by atoms with Gasteiger partial charge in [0, 0.05) is 28.7 Å². The average Bonchev–Trinajstić information content (AvgIpc) is 2.91. The van der Waals surface area contributed by atoms with Crippen LogP contribution in [0.5, 0.6) is 0 Å². The van der Waals surface area contributed by atoms with Crippen molar-refractivity contribution in [3.05, 3.63) is 44.8 Å². The molecule has 92 valence electrons. The molecule has 17 heavy (non-hydrogen) atoms. The van der Waals surface area contributed by atoms with Crippen LogP contribution in [0, 0.1) is 0 Å². The van der Waals surface area contributed by atoms with Crippen molar-refractivity contribution >= 4 is 11.3 Å². The van der Waals surface area contributed by atoms with Crippen LogP contribution in [0.3, 0.4) is 0 Å². The predicted octanol–water partition coefficient (Wildman–Crippen LogP) is 2.73. The molecule has 0 aliphatic rings. The van der Waals surface area contributed by atoms with Gasteiger partial charge >= 0.3 is 5.69 Å². The van der Waals surface area contributed by atoms with Crippen LogP contribution in [0.2, 0.25) is 0 Å². The van der Waals surface area contributed by atoms with Gasteiger partial charge in [-0.05, 0) is 25.0 Å². The van der Waals surface area contributed by atoms with Gasteiger partial charge in [0.2, 0.25) is 0 Å². The van der Waals surface area contributed by atoms with Crippen LogP contribution in [0.15, 0.2) is 29.3 Å². The highest BCUT2D eigenvalue weighted by Gasteiger charge is 2.05. The summed E-state index contributed by atoms with van der Waals surface area (Å²) in [5.74, 6) is 0.